The van der Waals surface area contributed by atoms with Gasteiger partial charge in [-0.05, 0) is 24.0 Å². The van der Waals surface area contributed by atoms with Crippen molar-refractivity contribution in [3.8, 4) is 0 Å². The fourth-order valence-corrected chi connectivity index (χ4v) is 1.48. The van der Waals surface area contributed by atoms with Gasteiger partial charge in [0, 0.05) is 12.7 Å². The molecule has 0 atom stereocenters. The molecule has 0 saturated carbocycles. The Balaban J connectivity index is 2.54. The van der Waals surface area contributed by atoms with Gasteiger partial charge in [-0.2, -0.15) is 0 Å². The lowest BCUT2D eigenvalue weighted by molar-refractivity contribution is -0.384. The Morgan fingerprint density at radius 3 is 2.76 bits per heavy atom. The summed E-state index contributed by atoms with van der Waals surface area (Å²) in [5.74, 6) is 0.592. The van der Waals surface area contributed by atoms with Crippen LogP contribution in [-0.4, -0.2) is 11.5 Å². The minimum atomic E-state index is -0.486. The molecule has 0 radical (unpaired) electrons. The molecule has 1 aromatic carbocycles. The highest BCUT2D eigenvalue weighted by Gasteiger charge is 2.12. The predicted octanol–water partition coefficient (Wildman–Crippen LogP) is 3.81. The Labute approximate surface area is 106 Å². The topological polar surface area (TPSA) is 52.4 Å². The van der Waals surface area contributed by atoms with E-state index in [2.05, 4.69) is 13.8 Å². The van der Waals surface area contributed by atoms with E-state index in [1.54, 1.807) is 6.07 Å². The molecule has 0 spiro atoms. The van der Waals surface area contributed by atoms with Crippen LogP contribution in [0, 0.1) is 16.0 Å². The summed E-state index contributed by atoms with van der Waals surface area (Å²) in [5.41, 5.74) is 0.696. The fourth-order valence-electron chi connectivity index (χ4n) is 1.30. The van der Waals surface area contributed by atoms with Crippen LogP contribution in [0.5, 0.6) is 0 Å². The molecule has 17 heavy (non-hydrogen) atoms. The molecular weight excluding hydrogens is 242 g/mol. The SMILES string of the molecule is CC(C)CCOCc1ccc(Cl)c([N+](=O)[O-])c1. The van der Waals surface area contributed by atoms with Crippen molar-refractivity contribution in [2.45, 2.75) is 26.9 Å². The molecule has 0 N–H and O–H groups in total. The normalized spacial score (nSPS) is 10.8. The van der Waals surface area contributed by atoms with Crippen molar-refractivity contribution >= 4 is 17.3 Å². The number of ether oxygens (including phenoxy) is 1. The van der Waals surface area contributed by atoms with Crippen LogP contribution >= 0.6 is 11.6 Å². The third-order valence-corrected chi connectivity index (χ3v) is 2.64. The maximum Gasteiger partial charge on any atom is 0.288 e. The molecule has 0 unspecified atom stereocenters. The van der Waals surface area contributed by atoms with Gasteiger partial charge in [0.1, 0.15) is 5.02 Å². The van der Waals surface area contributed by atoms with Crippen molar-refractivity contribution in [1.82, 2.24) is 0 Å². The number of hydrogen-bond acceptors (Lipinski definition) is 3. The summed E-state index contributed by atoms with van der Waals surface area (Å²) in [6.07, 6.45) is 0.982. The Kier molecular flexibility index (Phi) is 5.38. The Bertz CT molecular complexity index is 393. The largest absolute Gasteiger partial charge is 0.377 e. The van der Waals surface area contributed by atoms with Gasteiger partial charge in [-0.15, -0.1) is 0 Å². The summed E-state index contributed by atoms with van der Waals surface area (Å²) in [6, 6.07) is 4.73. The highest BCUT2D eigenvalue weighted by molar-refractivity contribution is 6.32. The second kappa shape index (κ2) is 6.57. The van der Waals surface area contributed by atoms with E-state index in [1.807, 2.05) is 0 Å². The van der Waals surface area contributed by atoms with Crippen molar-refractivity contribution in [2.75, 3.05) is 6.61 Å². The Morgan fingerprint density at radius 2 is 2.18 bits per heavy atom. The number of rotatable bonds is 6. The maximum atomic E-state index is 10.7. The van der Waals surface area contributed by atoms with E-state index >= 15 is 0 Å². The molecule has 0 aliphatic heterocycles. The first-order chi connectivity index (χ1) is 8.00. The number of nitro groups is 1. The minimum absolute atomic E-state index is 0.0726. The highest BCUT2D eigenvalue weighted by atomic mass is 35.5. The number of nitrogens with zero attached hydrogens (tertiary/aromatic N) is 1. The van der Waals surface area contributed by atoms with E-state index in [0.29, 0.717) is 19.1 Å². The van der Waals surface area contributed by atoms with E-state index in [-0.39, 0.29) is 10.7 Å². The lowest BCUT2D eigenvalue weighted by atomic mass is 10.1. The monoisotopic (exact) mass is 257 g/mol. The summed E-state index contributed by atoms with van der Waals surface area (Å²) in [6.45, 7) is 5.28. The van der Waals surface area contributed by atoms with Crippen LogP contribution in [0.3, 0.4) is 0 Å². The van der Waals surface area contributed by atoms with Gasteiger partial charge in [0.25, 0.3) is 5.69 Å². The number of halogens is 1. The first-order valence-corrected chi connectivity index (χ1v) is 5.89. The van der Waals surface area contributed by atoms with Gasteiger partial charge in [-0.3, -0.25) is 10.1 Å². The first-order valence-electron chi connectivity index (χ1n) is 5.51. The van der Waals surface area contributed by atoms with Gasteiger partial charge in [-0.25, -0.2) is 0 Å². The van der Waals surface area contributed by atoms with E-state index in [9.17, 15) is 10.1 Å². The van der Waals surface area contributed by atoms with Crippen LogP contribution in [0.25, 0.3) is 0 Å². The van der Waals surface area contributed by atoms with Crippen LogP contribution in [0.1, 0.15) is 25.8 Å². The van der Waals surface area contributed by atoms with E-state index in [1.165, 1.54) is 12.1 Å². The number of benzene rings is 1. The predicted molar refractivity (Wildman–Crippen MR) is 67.2 cm³/mol. The van der Waals surface area contributed by atoms with Crippen molar-refractivity contribution < 1.29 is 9.66 Å². The maximum absolute atomic E-state index is 10.7. The number of hydrogen-bond donors (Lipinski definition) is 0. The quantitative estimate of drug-likeness (QED) is 0.442. The molecule has 0 bridgehead atoms. The third kappa shape index (κ3) is 4.71. The number of nitro benzene ring substituents is 1. The van der Waals surface area contributed by atoms with Gasteiger partial charge >= 0.3 is 0 Å². The van der Waals surface area contributed by atoms with Gasteiger partial charge in [0.15, 0.2) is 0 Å². The Hall–Kier alpha value is -1.13. The zero-order valence-electron chi connectivity index (χ0n) is 9.98. The lowest BCUT2D eigenvalue weighted by Gasteiger charge is -2.06. The van der Waals surface area contributed by atoms with Crippen molar-refractivity contribution in [2.24, 2.45) is 5.92 Å². The van der Waals surface area contributed by atoms with Gasteiger partial charge < -0.3 is 4.74 Å². The molecule has 0 fully saturated rings. The van der Waals surface area contributed by atoms with Crippen molar-refractivity contribution in [3.63, 3.8) is 0 Å². The Morgan fingerprint density at radius 1 is 1.47 bits per heavy atom. The zero-order valence-corrected chi connectivity index (χ0v) is 10.7. The molecule has 0 heterocycles. The summed E-state index contributed by atoms with van der Waals surface area (Å²) in [7, 11) is 0. The molecule has 1 aromatic rings. The molecule has 0 aromatic heterocycles. The van der Waals surface area contributed by atoms with Crippen LogP contribution < -0.4 is 0 Å². The highest BCUT2D eigenvalue weighted by Crippen LogP contribution is 2.25. The fraction of sp³-hybridized carbons (Fsp3) is 0.500. The summed E-state index contributed by atoms with van der Waals surface area (Å²) < 4.78 is 5.44. The average molecular weight is 258 g/mol. The third-order valence-electron chi connectivity index (χ3n) is 2.32. The van der Waals surface area contributed by atoms with Crippen molar-refractivity contribution in [1.29, 1.82) is 0 Å². The summed E-state index contributed by atoms with van der Waals surface area (Å²) >= 11 is 5.71. The summed E-state index contributed by atoms with van der Waals surface area (Å²) in [4.78, 5) is 10.2. The second-order valence-electron chi connectivity index (χ2n) is 4.28. The van der Waals surface area contributed by atoms with Crippen LogP contribution in [0.2, 0.25) is 5.02 Å². The molecule has 94 valence electrons. The van der Waals surface area contributed by atoms with Gasteiger partial charge in [0.05, 0.1) is 11.5 Å². The zero-order chi connectivity index (χ0) is 12.8. The molecule has 5 heteroatoms. The summed E-state index contributed by atoms with van der Waals surface area (Å²) in [5, 5.41) is 10.8. The molecule has 4 nitrogen and oxygen atoms in total. The van der Waals surface area contributed by atoms with Crippen LogP contribution in [0.15, 0.2) is 18.2 Å². The molecule has 1 rings (SSSR count). The van der Waals surface area contributed by atoms with Gasteiger partial charge in [0.2, 0.25) is 0 Å². The average Bonchev–Trinajstić information content (AvgIpc) is 2.25. The molecule has 0 aliphatic rings. The first kappa shape index (κ1) is 13.9. The van der Waals surface area contributed by atoms with E-state index in [0.717, 1.165) is 12.0 Å². The minimum Gasteiger partial charge on any atom is -0.377 e. The lowest BCUT2D eigenvalue weighted by Crippen LogP contribution is -2.00. The smallest absolute Gasteiger partial charge is 0.288 e. The molecular formula is C12H16ClNO3. The van der Waals surface area contributed by atoms with Crippen LogP contribution in [0.4, 0.5) is 5.69 Å². The molecule has 0 aliphatic carbocycles. The van der Waals surface area contributed by atoms with Crippen molar-refractivity contribution in [3.05, 3.63) is 38.9 Å². The van der Waals surface area contributed by atoms with E-state index < -0.39 is 4.92 Å². The second-order valence-corrected chi connectivity index (χ2v) is 4.69. The standard InChI is InChI=1S/C12H16ClNO3/c1-9(2)5-6-17-8-10-3-4-11(13)12(7-10)14(15)16/h3-4,7,9H,5-6,8H2,1-2H3. The van der Waals surface area contributed by atoms with E-state index in [4.69, 9.17) is 16.3 Å². The molecule has 0 amide bonds. The van der Waals surface area contributed by atoms with Gasteiger partial charge in [-0.1, -0.05) is 31.5 Å². The molecule has 0 saturated heterocycles. The van der Waals surface area contributed by atoms with Crippen LogP contribution in [-0.2, 0) is 11.3 Å².